The predicted octanol–water partition coefficient (Wildman–Crippen LogP) is 3.98. The molecule has 3 rings (SSSR count). The van der Waals surface area contributed by atoms with Crippen molar-refractivity contribution < 1.29 is 22.3 Å². The maximum atomic E-state index is 13.9. The number of methoxy groups -OCH3 is 1. The minimum atomic E-state index is -4.05. The first-order valence-electron chi connectivity index (χ1n) is 9.09. The minimum absolute atomic E-state index is 0.0232. The number of benzene rings is 3. The SMILES string of the molecule is COc1ccc(N(CC(=O)Nc2ccccc2F)S(=O)(=O)c2ccc(C)cc2)cc1. The number of para-hydroxylation sites is 1. The first-order chi connectivity index (χ1) is 14.3. The maximum absolute atomic E-state index is 13.9. The van der Waals surface area contributed by atoms with Crippen LogP contribution in [0.5, 0.6) is 5.75 Å². The van der Waals surface area contributed by atoms with E-state index in [9.17, 15) is 17.6 Å². The molecule has 156 valence electrons. The summed E-state index contributed by atoms with van der Waals surface area (Å²) in [7, 11) is -2.55. The fourth-order valence-corrected chi connectivity index (χ4v) is 4.20. The van der Waals surface area contributed by atoms with Gasteiger partial charge in [0.1, 0.15) is 18.1 Å². The van der Waals surface area contributed by atoms with Gasteiger partial charge in [-0.15, -0.1) is 0 Å². The van der Waals surface area contributed by atoms with Crippen LogP contribution in [0.2, 0.25) is 0 Å². The number of ether oxygens (including phenoxy) is 1. The third kappa shape index (κ3) is 4.77. The molecule has 1 amide bonds. The van der Waals surface area contributed by atoms with Crippen molar-refractivity contribution in [3.63, 3.8) is 0 Å². The van der Waals surface area contributed by atoms with E-state index in [2.05, 4.69) is 5.32 Å². The highest BCUT2D eigenvalue weighted by Crippen LogP contribution is 2.26. The van der Waals surface area contributed by atoms with Crippen LogP contribution in [0, 0.1) is 12.7 Å². The molecule has 6 nitrogen and oxygen atoms in total. The minimum Gasteiger partial charge on any atom is -0.497 e. The zero-order valence-corrected chi connectivity index (χ0v) is 17.3. The lowest BCUT2D eigenvalue weighted by atomic mass is 10.2. The number of nitrogens with zero attached hydrogens (tertiary/aromatic N) is 1. The summed E-state index contributed by atoms with van der Waals surface area (Å²) < 4.78 is 46.6. The third-order valence-corrected chi connectivity index (χ3v) is 6.19. The lowest BCUT2D eigenvalue weighted by molar-refractivity contribution is -0.114. The zero-order chi connectivity index (χ0) is 21.7. The highest BCUT2D eigenvalue weighted by atomic mass is 32.2. The smallest absolute Gasteiger partial charge is 0.264 e. The Kier molecular flexibility index (Phi) is 6.37. The molecule has 1 N–H and O–H groups in total. The lowest BCUT2D eigenvalue weighted by Gasteiger charge is -2.24. The van der Waals surface area contributed by atoms with Crippen molar-refractivity contribution in [2.45, 2.75) is 11.8 Å². The third-order valence-electron chi connectivity index (χ3n) is 4.40. The predicted molar refractivity (Wildman–Crippen MR) is 114 cm³/mol. The van der Waals surface area contributed by atoms with Crippen molar-refractivity contribution in [2.75, 3.05) is 23.3 Å². The molecule has 0 saturated heterocycles. The molecule has 0 saturated carbocycles. The Bertz CT molecular complexity index is 1130. The van der Waals surface area contributed by atoms with Crippen molar-refractivity contribution in [1.29, 1.82) is 0 Å². The topological polar surface area (TPSA) is 75.7 Å². The summed E-state index contributed by atoms with van der Waals surface area (Å²) in [5.41, 5.74) is 1.16. The van der Waals surface area contributed by atoms with Gasteiger partial charge in [-0.2, -0.15) is 0 Å². The van der Waals surface area contributed by atoms with Crippen LogP contribution in [0.25, 0.3) is 0 Å². The Labute approximate surface area is 175 Å². The fraction of sp³-hybridized carbons (Fsp3) is 0.136. The fourth-order valence-electron chi connectivity index (χ4n) is 2.78. The molecule has 30 heavy (non-hydrogen) atoms. The van der Waals surface area contributed by atoms with Gasteiger partial charge in [-0.05, 0) is 55.5 Å². The number of halogens is 1. The number of hydrogen-bond acceptors (Lipinski definition) is 4. The van der Waals surface area contributed by atoms with Crippen LogP contribution >= 0.6 is 0 Å². The number of hydrogen-bond donors (Lipinski definition) is 1. The van der Waals surface area contributed by atoms with E-state index in [0.717, 1.165) is 9.87 Å². The largest absolute Gasteiger partial charge is 0.497 e. The van der Waals surface area contributed by atoms with E-state index >= 15 is 0 Å². The summed E-state index contributed by atoms with van der Waals surface area (Å²) >= 11 is 0. The molecule has 0 aromatic heterocycles. The summed E-state index contributed by atoms with van der Waals surface area (Å²) in [6.45, 7) is 1.32. The second kappa shape index (κ2) is 8.96. The van der Waals surface area contributed by atoms with Crippen molar-refractivity contribution in [3.8, 4) is 5.75 Å². The molecule has 0 atom stereocenters. The summed E-state index contributed by atoms with van der Waals surface area (Å²) in [4.78, 5) is 12.6. The van der Waals surface area contributed by atoms with Crippen LogP contribution in [0.4, 0.5) is 15.8 Å². The number of aryl methyl sites for hydroxylation is 1. The van der Waals surface area contributed by atoms with Crippen LogP contribution in [-0.4, -0.2) is 28.0 Å². The first-order valence-corrected chi connectivity index (χ1v) is 10.5. The van der Waals surface area contributed by atoms with E-state index in [1.54, 1.807) is 42.5 Å². The average Bonchev–Trinajstić information content (AvgIpc) is 2.74. The molecule has 8 heteroatoms. The van der Waals surface area contributed by atoms with E-state index in [1.807, 2.05) is 6.92 Å². The van der Waals surface area contributed by atoms with Gasteiger partial charge >= 0.3 is 0 Å². The van der Waals surface area contributed by atoms with Crippen LogP contribution < -0.4 is 14.4 Å². The van der Waals surface area contributed by atoms with Crippen molar-refractivity contribution in [1.82, 2.24) is 0 Å². The molecule has 0 aliphatic carbocycles. The molecule has 0 heterocycles. The van der Waals surface area contributed by atoms with Crippen molar-refractivity contribution in [2.24, 2.45) is 0 Å². The van der Waals surface area contributed by atoms with Gasteiger partial charge in [0.2, 0.25) is 5.91 Å². The van der Waals surface area contributed by atoms with Gasteiger partial charge in [-0.25, -0.2) is 12.8 Å². The summed E-state index contributed by atoms with van der Waals surface area (Å²) in [6, 6.07) is 18.3. The monoisotopic (exact) mass is 428 g/mol. The average molecular weight is 428 g/mol. The molecule has 0 unspecified atom stereocenters. The highest BCUT2D eigenvalue weighted by Gasteiger charge is 2.27. The van der Waals surface area contributed by atoms with E-state index in [-0.39, 0.29) is 16.3 Å². The lowest BCUT2D eigenvalue weighted by Crippen LogP contribution is -2.38. The van der Waals surface area contributed by atoms with Crippen molar-refractivity contribution in [3.05, 3.63) is 84.2 Å². The molecule has 3 aromatic rings. The van der Waals surface area contributed by atoms with E-state index in [4.69, 9.17) is 4.74 Å². The number of carbonyl (C=O) groups excluding carboxylic acids is 1. The molecule has 0 fully saturated rings. The quantitative estimate of drug-likeness (QED) is 0.618. The Morgan fingerprint density at radius 2 is 1.63 bits per heavy atom. The number of anilines is 2. The van der Waals surface area contributed by atoms with E-state index in [1.165, 1.54) is 37.4 Å². The van der Waals surface area contributed by atoms with Gasteiger partial charge in [-0.3, -0.25) is 9.10 Å². The van der Waals surface area contributed by atoms with Crippen molar-refractivity contribution >= 4 is 27.3 Å². The Balaban J connectivity index is 1.95. The normalized spacial score (nSPS) is 11.0. The summed E-state index contributed by atoms with van der Waals surface area (Å²) in [6.07, 6.45) is 0. The number of amides is 1. The molecule has 3 aromatic carbocycles. The molecule has 0 aliphatic heterocycles. The van der Waals surface area contributed by atoms with Gasteiger partial charge in [0, 0.05) is 0 Å². The van der Waals surface area contributed by atoms with Gasteiger partial charge in [-0.1, -0.05) is 29.8 Å². The van der Waals surface area contributed by atoms with Gasteiger partial charge < -0.3 is 10.1 Å². The highest BCUT2D eigenvalue weighted by molar-refractivity contribution is 7.92. The standard InChI is InChI=1S/C22H21FN2O4S/c1-16-7-13-19(14-8-16)30(27,28)25(17-9-11-18(29-2)12-10-17)15-22(26)24-21-6-4-3-5-20(21)23/h3-14H,15H2,1-2H3,(H,24,26). The maximum Gasteiger partial charge on any atom is 0.264 e. The Hall–Kier alpha value is -3.39. The number of carbonyl (C=O) groups is 1. The molecule has 0 spiro atoms. The number of sulfonamides is 1. The van der Waals surface area contributed by atoms with Crippen LogP contribution in [-0.2, 0) is 14.8 Å². The van der Waals surface area contributed by atoms with Gasteiger partial charge in [0.15, 0.2) is 0 Å². The second-order valence-corrected chi connectivity index (χ2v) is 8.41. The molecule has 0 aliphatic rings. The van der Waals surface area contributed by atoms with Crippen LogP contribution in [0.1, 0.15) is 5.56 Å². The first kappa shape index (κ1) is 21.3. The van der Waals surface area contributed by atoms with Crippen LogP contribution in [0.3, 0.4) is 0 Å². The molecular weight excluding hydrogens is 407 g/mol. The van der Waals surface area contributed by atoms with E-state index < -0.39 is 28.3 Å². The summed E-state index contributed by atoms with van der Waals surface area (Å²) in [5.74, 6) is -0.739. The Morgan fingerprint density at radius 3 is 2.23 bits per heavy atom. The van der Waals surface area contributed by atoms with Gasteiger partial charge in [0.05, 0.1) is 23.4 Å². The number of nitrogens with one attached hydrogen (secondary N) is 1. The van der Waals surface area contributed by atoms with E-state index in [0.29, 0.717) is 5.75 Å². The van der Waals surface area contributed by atoms with Crippen LogP contribution in [0.15, 0.2) is 77.7 Å². The summed E-state index contributed by atoms with van der Waals surface area (Å²) in [5, 5.41) is 2.42. The van der Waals surface area contributed by atoms with Gasteiger partial charge in [0.25, 0.3) is 10.0 Å². The Morgan fingerprint density at radius 1 is 1.00 bits per heavy atom. The molecule has 0 bridgehead atoms. The number of rotatable bonds is 7. The molecule has 0 radical (unpaired) electrons. The second-order valence-electron chi connectivity index (χ2n) is 6.55. The zero-order valence-electron chi connectivity index (χ0n) is 16.5. The molecular formula is C22H21FN2O4S.